The molecule has 1 saturated heterocycles. The van der Waals surface area contributed by atoms with Gasteiger partial charge in [-0.05, 0) is 68.1 Å². The van der Waals surface area contributed by atoms with Crippen LogP contribution in [-0.2, 0) is 9.59 Å². The molecule has 1 aliphatic rings. The molecule has 0 atom stereocenters. The van der Waals surface area contributed by atoms with E-state index in [-0.39, 0.29) is 18.2 Å². The van der Waals surface area contributed by atoms with Gasteiger partial charge in [-0.3, -0.25) is 9.59 Å². The van der Waals surface area contributed by atoms with Crippen molar-refractivity contribution in [3.63, 3.8) is 0 Å². The zero-order chi connectivity index (χ0) is 19.9. The topological polar surface area (TPSA) is 52.7 Å². The fraction of sp³-hybridized carbons (Fsp3) is 0.391. The van der Waals surface area contributed by atoms with Crippen LogP contribution in [0.3, 0.4) is 0 Å². The molecule has 1 aliphatic heterocycles. The molecule has 0 radical (unpaired) electrons. The Morgan fingerprint density at radius 3 is 2.39 bits per heavy atom. The quantitative estimate of drug-likeness (QED) is 0.811. The molecule has 3 rings (SSSR count). The Hall–Kier alpha value is -2.82. The van der Waals surface area contributed by atoms with Gasteiger partial charge < -0.3 is 15.1 Å². The van der Waals surface area contributed by atoms with Gasteiger partial charge in [0.2, 0.25) is 11.8 Å². The molecule has 0 spiro atoms. The molecule has 0 unspecified atom stereocenters. The summed E-state index contributed by atoms with van der Waals surface area (Å²) in [5.41, 5.74) is 3.91. The van der Waals surface area contributed by atoms with Crippen molar-refractivity contribution in [2.75, 3.05) is 34.8 Å². The summed E-state index contributed by atoms with van der Waals surface area (Å²) in [5.74, 6) is -0.157. The number of benzene rings is 2. The van der Waals surface area contributed by atoms with Crippen molar-refractivity contribution in [2.45, 2.75) is 39.5 Å². The monoisotopic (exact) mass is 379 g/mol. The van der Waals surface area contributed by atoms with Gasteiger partial charge in [-0.1, -0.05) is 12.1 Å². The molecule has 1 heterocycles. The zero-order valence-electron chi connectivity index (χ0n) is 16.8. The summed E-state index contributed by atoms with van der Waals surface area (Å²) in [5, 5.41) is 2.90. The number of nitrogens with zero attached hydrogens (tertiary/aromatic N) is 2. The van der Waals surface area contributed by atoms with Crippen molar-refractivity contribution in [3.05, 3.63) is 54.1 Å². The predicted octanol–water partition coefficient (Wildman–Crippen LogP) is 4.37. The average Bonchev–Trinajstić information content (AvgIpc) is 2.69. The first kappa shape index (κ1) is 19.9. The van der Waals surface area contributed by atoms with Gasteiger partial charge >= 0.3 is 0 Å². The molecule has 28 heavy (non-hydrogen) atoms. The van der Waals surface area contributed by atoms with E-state index < -0.39 is 0 Å². The minimum atomic E-state index is -0.0956. The fourth-order valence-electron chi connectivity index (χ4n) is 3.62. The number of aryl methyl sites for hydroxylation is 1. The maximum absolute atomic E-state index is 12.3. The van der Waals surface area contributed by atoms with Gasteiger partial charge in [-0.25, -0.2) is 0 Å². The first-order chi connectivity index (χ1) is 13.5. The Labute approximate surface area is 167 Å². The highest BCUT2D eigenvalue weighted by Crippen LogP contribution is 2.24. The smallest absolute Gasteiger partial charge is 0.226 e. The standard InChI is InChI=1S/C23H29N3O2/c1-18-7-6-8-20(17-18)24-23(28)13-16-26(19(2)27)22-11-9-21(10-12-22)25-14-4-3-5-15-25/h6-12,17H,3-5,13-16H2,1-2H3,(H,24,28). The summed E-state index contributed by atoms with van der Waals surface area (Å²) in [6.45, 7) is 6.07. The van der Waals surface area contributed by atoms with Gasteiger partial charge in [0.1, 0.15) is 0 Å². The molecule has 0 aliphatic carbocycles. The van der Waals surface area contributed by atoms with Crippen molar-refractivity contribution in [3.8, 4) is 0 Å². The number of hydrogen-bond acceptors (Lipinski definition) is 3. The molecule has 2 aromatic rings. The molecular weight excluding hydrogens is 350 g/mol. The molecule has 1 N–H and O–H groups in total. The van der Waals surface area contributed by atoms with Gasteiger partial charge in [-0.15, -0.1) is 0 Å². The second-order valence-corrected chi connectivity index (χ2v) is 7.40. The highest BCUT2D eigenvalue weighted by Gasteiger charge is 2.15. The summed E-state index contributed by atoms with van der Waals surface area (Å²) in [4.78, 5) is 28.5. The van der Waals surface area contributed by atoms with Crippen LogP contribution < -0.4 is 15.1 Å². The van der Waals surface area contributed by atoms with Gasteiger partial charge in [0, 0.05) is 50.0 Å². The molecular formula is C23H29N3O2. The van der Waals surface area contributed by atoms with Crippen molar-refractivity contribution in [1.82, 2.24) is 0 Å². The third-order valence-corrected chi connectivity index (χ3v) is 5.13. The van der Waals surface area contributed by atoms with Crippen molar-refractivity contribution in [2.24, 2.45) is 0 Å². The normalized spacial score (nSPS) is 13.9. The fourth-order valence-corrected chi connectivity index (χ4v) is 3.62. The number of hydrogen-bond donors (Lipinski definition) is 1. The maximum atomic E-state index is 12.3. The molecule has 2 aromatic carbocycles. The number of amides is 2. The van der Waals surface area contributed by atoms with Gasteiger partial charge in [0.25, 0.3) is 0 Å². The van der Waals surface area contributed by atoms with Crippen LogP contribution in [-0.4, -0.2) is 31.4 Å². The maximum Gasteiger partial charge on any atom is 0.226 e. The highest BCUT2D eigenvalue weighted by molar-refractivity contribution is 5.95. The molecule has 5 nitrogen and oxygen atoms in total. The van der Waals surface area contributed by atoms with Crippen LogP contribution in [0.1, 0.15) is 38.2 Å². The van der Waals surface area contributed by atoms with Crippen molar-refractivity contribution >= 4 is 28.9 Å². The summed E-state index contributed by atoms with van der Waals surface area (Å²) < 4.78 is 0. The lowest BCUT2D eigenvalue weighted by Gasteiger charge is -2.29. The van der Waals surface area contributed by atoms with Crippen LogP contribution in [0.15, 0.2) is 48.5 Å². The second kappa shape index (κ2) is 9.40. The van der Waals surface area contributed by atoms with Crippen LogP contribution in [0.4, 0.5) is 17.1 Å². The van der Waals surface area contributed by atoms with E-state index in [1.807, 2.05) is 43.3 Å². The van der Waals surface area contributed by atoms with Crippen LogP contribution in [0.2, 0.25) is 0 Å². The Kier molecular flexibility index (Phi) is 6.69. The van der Waals surface area contributed by atoms with E-state index in [1.54, 1.807) is 4.90 Å². The summed E-state index contributed by atoms with van der Waals surface area (Å²) >= 11 is 0. The van der Waals surface area contributed by atoms with E-state index in [1.165, 1.54) is 31.9 Å². The number of piperidine rings is 1. The number of nitrogens with one attached hydrogen (secondary N) is 1. The number of anilines is 3. The van der Waals surface area contributed by atoms with Gasteiger partial charge in [0.05, 0.1) is 0 Å². The van der Waals surface area contributed by atoms with E-state index in [9.17, 15) is 9.59 Å². The first-order valence-electron chi connectivity index (χ1n) is 10.0. The summed E-state index contributed by atoms with van der Waals surface area (Å²) in [6.07, 6.45) is 4.02. The molecule has 2 amide bonds. The predicted molar refractivity (Wildman–Crippen MR) is 115 cm³/mol. The van der Waals surface area contributed by atoms with Crippen LogP contribution in [0.5, 0.6) is 0 Å². The summed E-state index contributed by atoms with van der Waals surface area (Å²) in [7, 11) is 0. The van der Waals surface area contributed by atoms with E-state index in [4.69, 9.17) is 0 Å². The van der Waals surface area contributed by atoms with E-state index in [0.29, 0.717) is 6.54 Å². The third kappa shape index (κ3) is 5.35. The lowest BCUT2D eigenvalue weighted by Crippen LogP contribution is -2.32. The average molecular weight is 380 g/mol. The van der Waals surface area contributed by atoms with E-state index >= 15 is 0 Å². The number of carbonyl (C=O) groups is 2. The Morgan fingerprint density at radius 1 is 1.04 bits per heavy atom. The van der Waals surface area contributed by atoms with Crippen molar-refractivity contribution < 1.29 is 9.59 Å². The van der Waals surface area contributed by atoms with Crippen molar-refractivity contribution in [1.29, 1.82) is 0 Å². The van der Waals surface area contributed by atoms with Crippen LogP contribution in [0.25, 0.3) is 0 Å². The summed E-state index contributed by atoms with van der Waals surface area (Å²) in [6, 6.07) is 15.8. The first-order valence-corrected chi connectivity index (χ1v) is 10.0. The van der Waals surface area contributed by atoms with Gasteiger partial charge in [-0.2, -0.15) is 0 Å². The number of rotatable bonds is 6. The lowest BCUT2D eigenvalue weighted by atomic mass is 10.1. The molecule has 5 heteroatoms. The molecule has 148 valence electrons. The Morgan fingerprint density at radius 2 is 1.75 bits per heavy atom. The van der Waals surface area contributed by atoms with E-state index in [2.05, 4.69) is 22.3 Å². The SMILES string of the molecule is CC(=O)N(CCC(=O)Nc1cccc(C)c1)c1ccc(N2CCCCC2)cc1. The molecule has 0 aromatic heterocycles. The molecule has 0 saturated carbocycles. The molecule has 1 fully saturated rings. The minimum absolute atomic E-state index is 0.0610. The number of carbonyl (C=O) groups excluding carboxylic acids is 2. The van der Waals surface area contributed by atoms with Crippen LogP contribution in [0, 0.1) is 6.92 Å². The molecule has 0 bridgehead atoms. The highest BCUT2D eigenvalue weighted by atomic mass is 16.2. The zero-order valence-corrected chi connectivity index (χ0v) is 16.8. The van der Waals surface area contributed by atoms with Gasteiger partial charge in [0.15, 0.2) is 0 Å². The third-order valence-electron chi connectivity index (χ3n) is 5.13. The van der Waals surface area contributed by atoms with E-state index in [0.717, 1.165) is 30.0 Å². The van der Waals surface area contributed by atoms with Crippen LogP contribution >= 0.6 is 0 Å². The minimum Gasteiger partial charge on any atom is -0.372 e. The lowest BCUT2D eigenvalue weighted by molar-refractivity contribution is -0.117. The second-order valence-electron chi connectivity index (χ2n) is 7.40. The Balaban J connectivity index is 1.59. The largest absolute Gasteiger partial charge is 0.372 e. The Bertz CT molecular complexity index is 811.